The average Bonchev–Trinajstić information content (AvgIpc) is 3.01. The molecule has 0 amide bonds. The molecule has 0 saturated heterocycles. The third kappa shape index (κ3) is 3.68. The standard InChI is InChI=1S/C20H17N3O2S/c1-12-17(13(2)24)9-16(10-21)20(22-12)26-11-18-14(3)25-19(23-18)15-7-5-4-6-8-15/h4-9H,11H2,1-3H3. The molecule has 0 spiro atoms. The number of ketones is 1. The van der Waals surface area contributed by atoms with Crippen molar-refractivity contribution in [3.8, 4) is 17.5 Å². The number of aryl methyl sites for hydroxylation is 2. The van der Waals surface area contributed by atoms with Crippen molar-refractivity contribution in [1.29, 1.82) is 5.26 Å². The highest BCUT2D eigenvalue weighted by Gasteiger charge is 2.16. The van der Waals surface area contributed by atoms with Gasteiger partial charge in [0, 0.05) is 22.6 Å². The summed E-state index contributed by atoms with van der Waals surface area (Å²) in [6, 6.07) is 13.4. The van der Waals surface area contributed by atoms with E-state index in [9.17, 15) is 10.1 Å². The molecule has 5 nitrogen and oxygen atoms in total. The van der Waals surface area contributed by atoms with E-state index in [0.29, 0.717) is 33.5 Å². The van der Waals surface area contributed by atoms with E-state index in [4.69, 9.17) is 4.42 Å². The molecule has 0 aliphatic carbocycles. The van der Waals surface area contributed by atoms with Gasteiger partial charge in [-0.15, -0.1) is 0 Å². The van der Waals surface area contributed by atoms with Crippen LogP contribution in [0.15, 0.2) is 45.8 Å². The Bertz CT molecular complexity index is 1000. The molecule has 6 heteroatoms. The average molecular weight is 363 g/mol. The summed E-state index contributed by atoms with van der Waals surface area (Å²) in [7, 11) is 0. The molecule has 2 heterocycles. The molecular weight excluding hydrogens is 346 g/mol. The maximum absolute atomic E-state index is 11.6. The Balaban J connectivity index is 1.84. The topological polar surface area (TPSA) is 79.8 Å². The lowest BCUT2D eigenvalue weighted by Gasteiger charge is -2.07. The highest BCUT2D eigenvalue weighted by Crippen LogP contribution is 2.29. The van der Waals surface area contributed by atoms with Crippen LogP contribution in [0.1, 0.15) is 40.0 Å². The van der Waals surface area contributed by atoms with Crippen molar-refractivity contribution in [2.45, 2.75) is 31.6 Å². The van der Waals surface area contributed by atoms with Crippen LogP contribution in [0.25, 0.3) is 11.5 Å². The third-order valence-electron chi connectivity index (χ3n) is 3.94. The molecule has 0 N–H and O–H groups in total. The molecule has 0 radical (unpaired) electrons. The summed E-state index contributed by atoms with van der Waals surface area (Å²) in [5.74, 6) is 1.76. The minimum atomic E-state index is -0.0945. The molecule has 0 bridgehead atoms. The maximum Gasteiger partial charge on any atom is 0.226 e. The van der Waals surface area contributed by atoms with E-state index in [1.165, 1.54) is 18.7 Å². The summed E-state index contributed by atoms with van der Waals surface area (Å²) in [5, 5.41) is 9.97. The second-order valence-corrected chi connectivity index (χ2v) is 6.78. The van der Waals surface area contributed by atoms with Gasteiger partial charge in [-0.3, -0.25) is 4.79 Å². The molecule has 0 unspecified atom stereocenters. The Morgan fingerprint density at radius 1 is 1.23 bits per heavy atom. The van der Waals surface area contributed by atoms with Crippen molar-refractivity contribution in [2.75, 3.05) is 0 Å². The summed E-state index contributed by atoms with van der Waals surface area (Å²) in [5.41, 5.74) is 3.24. The van der Waals surface area contributed by atoms with E-state index in [1.807, 2.05) is 37.3 Å². The van der Waals surface area contributed by atoms with Gasteiger partial charge in [0.05, 0.1) is 11.3 Å². The number of aromatic nitrogens is 2. The Morgan fingerprint density at radius 2 is 1.96 bits per heavy atom. The van der Waals surface area contributed by atoms with Gasteiger partial charge in [0.2, 0.25) is 5.89 Å². The van der Waals surface area contributed by atoms with Crippen molar-refractivity contribution in [3.05, 3.63) is 64.7 Å². The first-order chi connectivity index (χ1) is 12.5. The lowest BCUT2D eigenvalue weighted by molar-refractivity contribution is 0.101. The smallest absolute Gasteiger partial charge is 0.226 e. The number of nitrogens with zero attached hydrogens (tertiary/aromatic N) is 3. The van der Waals surface area contributed by atoms with Crippen LogP contribution in [0.2, 0.25) is 0 Å². The van der Waals surface area contributed by atoms with Gasteiger partial charge in [-0.25, -0.2) is 9.97 Å². The fraction of sp³-hybridized carbons (Fsp3) is 0.200. The van der Waals surface area contributed by atoms with Crippen LogP contribution in [-0.2, 0) is 5.75 Å². The maximum atomic E-state index is 11.6. The van der Waals surface area contributed by atoms with Crippen LogP contribution >= 0.6 is 11.8 Å². The van der Waals surface area contributed by atoms with Gasteiger partial charge >= 0.3 is 0 Å². The Morgan fingerprint density at radius 3 is 2.62 bits per heavy atom. The molecule has 3 rings (SSSR count). The molecule has 2 aromatic heterocycles. The quantitative estimate of drug-likeness (QED) is 0.482. The predicted molar refractivity (Wildman–Crippen MR) is 99.9 cm³/mol. The van der Waals surface area contributed by atoms with Gasteiger partial charge in [-0.05, 0) is 39.0 Å². The normalized spacial score (nSPS) is 10.5. The van der Waals surface area contributed by atoms with Gasteiger partial charge in [0.15, 0.2) is 5.78 Å². The largest absolute Gasteiger partial charge is 0.441 e. The summed E-state index contributed by atoms with van der Waals surface area (Å²) >= 11 is 1.41. The van der Waals surface area contributed by atoms with Gasteiger partial charge in [-0.1, -0.05) is 30.0 Å². The highest BCUT2D eigenvalue weighted by molar-refractivity contribution is 7.98. The third-order valence-corrected chi connectivity index (χ3v) is 4.94. The van der Waals surface area contributed by atoms with Gasteiger partial charge in [0.1, 0.15) is 16.9 Å². The van der Waals surface area contributed by atoms with Crippen LogP contribution in [-0.4, -0.2) is 15.8 Å². The van der Waals surface area contributed by atoms with Crippen LogP contribution in [0.5, 0.6) is 0 Å². The van der Waals surface area contributed by atoms with E-state index in [1.54, 1.807) is 13.0 Å². The van der Waals surface area contributed by atoms with Crippen molar-refractivity contribution < 1.29 is 9.21 Å². The van der Waals surface area contributed by atoms with Crippen molar-refractivity contribution in [2.24, 2.45) is 0 Å². The Hall–Kier alpha value is -2.91. The van der Waals surface area contributed by atoms with Gasteiger partial charge in [0.25, 0.3) is 0 Å². The number of benzene rings is 1. The second-order valence-electron chi connectivity index (χ2n) is 5.82. The molecule has 26 heavy (non-hydrogen) atoms. The summed E-state index contributed by atoms with van der Waals surface area (Å²) in [6.07, 6.45) is 0. The number of hydrogen-bond acceptors (Lipinski definition) is 6. The Labute approximate surface area is 156 Å². The first kappa shape index (κ1) is 17.9. The highest BCUT2D eigenvalue weighted by atomic mass is 32.2. The van der Waals surface area contributed by atoms with Crippen LogP contribution in [0, 0.1) is 25.2 Å². The summed E-state index contributed by atoms with van der Waals surface area (Å²) in [6.45, 7) is 5.12. The van der Waals surface area contributed by atoms with E-state index >= 15 is 0 Å². The van der Waals surface area contributed by atoms with Gasteiger partial charge in [-0.2, -0.15) is 5.26 Å². The SMILES string of the molecule is CC(=O)c1cc(C#N)c(SCc2nc(-c3ccccc3)oc2C)nc1C. The number of hydrogen-bond donors (Lipinski definition) is 0. The zero-order chi connectivity index (χ0) is 18.7. The fourth-order valence-electron chi connectivity index (χ4n) is 2.53. The number of oxazole rings is 1. The molecule has 3 aromatic rings. The molecule has 1 aromatic carbocycles. The van der Waals surface area contributed by atoms with Crippen molar-refractivity contribution >= 4 is 17.5 Å². The molecule has 0 aliphatic heterocycles. The number of nitriles is 1. The Kier molecular flexibility index (Phi) is 5.19. The summed E-state index contributed by atoms with van der Waals surface area (Å²) < 4.78 is 5.77. The fourth-order valence-corrected chi connectivity index (χ4v) is 3.54. The first-order valence-electron chi connectivity index (χ1n) is 8.06. The van der Waals surface area contributed by atoms with E-state index in [2.05, 4.69) is 16.0 Å². The predicted octanol–water partition coefficient (Wildman–Crippen LogP) is 4.72. The number of Topliss-reactive ketones (excluding diaryl/α,β-unsaturated/α-hetero) is 1. The molecule has 0 aliphatic rings. The van der Waals surface area contributed by atoms with Crippen LogP contribution < -0.4 is 0 Å². The number of thioether (sulfide) groups is 1. The lowest BCUT2D eigenvalue weighted by Crippen LogP contribution is -2.02. The zero-order valence-electron chi connectivity index (χ0n) is 14.7. The number of carbonyl (C=O) groups is 1. The molecule has 130 valence electrons. The van der Waals surface area contributed by atoms with Gasteiger partial charge < -0.3 is 4.42 Å². The number of carbonyl (C=O) groups excluding carboxylic acids is 1. The van der Waals surface area contributed by atoms with E-state index in [0.717, 1.165) is 17.0 Å². The molecule has 0 fully saturated rings. The number of rotatable bonds is 5. The molecule has 0 atom stereocenters. The van der Waals surface area contributed by atoms with E-state index < -0.39 is 0 Å². The molecular formula is C20H17N3O2S. The number of pyridine rings is 1. The van der Waals surface area contributed by atoms with Crippen LogP contribution in [0.3, 0.4) is 0 Å². The zero-order valence-corrected chi connectivity index (χ0v) is 15.6. The first-order valence-corrected chi connectivity index (χ1v) is 9.05. The monoisotopic (exact) mass is 363 g/mol. The lowest BCUT2D eigenvalue weighted by atomic mass is 10.1. The minimum absolute atomic E-state index is 0.0945. The van der Waals surface area contributed by atoms with E-state index in [-0.39, 0.29) is 5.78 Å². The molecule has 0 saturated carbocycles. The second kappa shape index (κ2) is 7.54. The van der Waals surface area contributed by atoms with Crippen molar-refractivity contribution in [1.82, 2.24) is 9.97 Å². The minimum Gasteiger partial charge on any atom is -0.441 e. The van der Waals surface area contributed by atoms with Crippen molar-refractivity contribution in [3.63, 3.8) is 0 Å². The van der Waals surface area contributed by atoms with Crippen LogP contribution in [0.4, 0.5) is 0 Å². The summed E-state index contributed by atoms with van der Waals surface area (Å²) in [4.78, 5) is 20.6.